The van der Waals surface area contributed by atoms with E-state index in [0.29, 0.717) is 5.56 Å². The number of rotatable bonds is 4. The highest BCUT2D eigenvalue weighted by molar-refractivity contribution is 6.24. The predicted octanol–water partition coefficient (Wildman–Crippen LogP) is 2.33. The topological polar surface area (TPSA) is 165 Å². The van der Waals surface area contributed by atoms with E-state index in [4.69, 9.17) is 5.73 Å². The first-order chi connectivity index (χ1) is 18.3. The molecule has 6 N–H and O–H groups in total. The Bertz CT molecular complexity index is 1490. The van der Waals surface area contributed by atoms with E-state index in [0.717, 1.165) is 16.8 Å². The monoisotopic (exact) mass is 549 g/mol. The van der Waals surface area contributed by atoms with E-state index in [1.54, 1.807) is 20.2 Å². The first-order valence-corrected chi connectivity index (χ1v) is 12.6. The van der Waals surface area contributed by atoms with Crippen molar-refractivity contribution >= 4 is 28.9 Å². The fraction of sp³-hybridized carbons (Fsp3) is 0.367. The van der Waals surface area contributed by atoms with Crippen LogP contribution in [-0.2, 0) is 20.8 Å². The molecule has 1 amide bonds. The summed E-state index contributed by atoms with van der Waals surface area (Å²) in [5.41, 5.74) is 5.00. The number of hydrogen-bond donors (Lipinski definition) is 5. The van der Waals surface area contributed by atoms with Gasteiger partial charge in [-0.3, -0.25) is 19.3 Å². The van der Waals surface area contributed by atoms with Crippen LogP contribution in [-0.4, -0.2) is 82.6 Å². The lowest BCUT2D eigenvalue weighted by molar-refractivity contribution is -0.153. The Kier molecular flexibility index (Phi) is 7.06. The molecule has 3 aliphatic carbocycles. The quantitative estimate of drug-likeness (QED) is 0.360. The molecule has 212 valence electrons. The van der Waals surface area contributed by atoms with Crippen LogP contribution in [0.3, 0.4) is 0 Å². The van der Waals surface area contributed by atoms with Gasteiger partial charge in [-0.25, -0.2) is 0 Å². The molecule has 0 aliphatic heterocycles. The molecule has 1 fully saturated rings. The Morgan fingerprint density at radius 2 is 1.62 bits per heavy atom. The third-order valence-electron chi connectivity index (χ3n) is 8.30. The van der Waals surface area contributed by atoms with Crippen molar-refractivity contribution in [1.29, 1.82) is 0 Å². The average Bonchev–Trinajstić information content (AvgIpc) is 2.86. The number of ketones is 2. The second kappa shape index (κ2) is 9.79. The van der Waals surface area contributed by atoms with Crippen molar-refractivity contribution in [3.63, 3.8) is 0 Å². The van der Waals surface area contributed by atoms with Crippen LogP contribution >= 0.6 is 0 Å². The van der Waals surface area contributed by atoms with E-state index >= 15 is 0 Å². The number of aromatic hydroxyl groups is 1. The van der Waals surface area contributed by atoms with E-state index in [2.05, 4.69) is 0 Å². The second-order valence-corrected chi connectivity index (χ2v) is 10.9. The van der Waals surface area contributed by atoms with Crippen molar-refractivity contribution in [2.75, 3.05) is 33.1 Å². The predicted molar refractivity (Wildman–Crippen MR) is 151 cm³/mol. The average molecular weight is 550 g/mol. The Balaban J connectivity index is 0.00000370. The summed E-state index contributed by atoms with van der Waals surface area (Å²) in [7, 11) is 7.00. The number of nitrogens with two attached hydrogens (primary N) is 1. The number of fused-ring (bicyclic) bond motifs is 3. The Morgan fingerprint density at radius 3 is 2.17 bits per heavy atom. The van der Waals surface area contributed by atoms with Crippen LogP contribution in [0.2, 0.25) is 0 Å². The van der Waals surface area contributed by atoms with Crippen molar-refractivity contribution < 1.29 is 34.8 Å². The SMILES string of the molecule is C.CN(C)c1ccc(-c2ccc(O)c3c2C[C@H]2C[C@H]4[C@H](N(C)C)C(=O)C(C(N)=O)=C(O)[C@@]4(O)C(=O)C2=C3O)cc1. The van der Waals surface area contributed by atoms with Gasteiger partial charge in [0.25, 0.3) is 5.91 Å². The zero-order valence-corrected chi connectivity index (χ0v) is 22.1. The molecule has 0 spiro atoms. The van der Waals surface area contributed by atoms with Gasteiger partial charge in [-0.1, -0.05) is 25.6 Å². The molecule has 5 rings (SSSR count). The molecule has 10 nitrogen and oxygen atoms in total. The van der Waals surface area contributed by atoms with Gasteiger partial charge in [-0.05, 0) is 67.7 Å². The van der Waals surface area contributed by atoms with Gasteiger partial charge in [0.2, 0.25) is 5.78 Å². The lowest BCUT2D eigenvalue weighted by Crippen LogP contribution is -2.65. The van der Waals surface area contributed by atoms with Crippen LogP contribution in [0.15, 0.2) is 53.3 Å². The van der Waals surface area contributed by atoms with Crippen molar-refractivity contribution in [2.45, 2.75) is 31.9 Å². The largest absolute Gasteiger partial charge is 0.508 e. The van der Waals surface area contributed by atoms with Crippen molar-refractivity contribution in [2.24, 2.45) is 17.6 Å². The van der Waals surface area contributed by atoms with E-state index in [9.17, 15) is 34.8 Å². The van der Waals surface area contributed by atoms with Gasteiger partial charge < -0.3 is 31.1 Å². The van der Waals surface area contributed by atoms with Crippen LogP contribution < -0.4 is 10.6 Å². The van der Waals surface area contributed by atoms with Crippen LogP contribution in [0.4, 0.5) is 5.69 Å². The molecule has 0 saturated heterocycles. The number of phenolic OH excluding ortho intramolecular Hbond substituents is 1. The maximum absolute atomic E-state index is 13.9. The molecule has 2 aromatic rings. The van der Waals surface area contributed by atoms with Gasteiger partial charge in [0.15, 0.2) is 11.4 Å². The minimum atomic E-state index is -2.65. The highest BCUT2D eigenvalue weighted by Crippen LogP contribution is 2.53. The third kappa shape index (κ3) is 3.89. The molecule has 1 saturated carbocycles. The van der Waals surface area contributed by atoms with Gasteiger partial charge >= 0.3 is 0 Å². The van der Waals surface area contributed by atoms with Crippen molar-refractivity contribution in [3.05, 3.63) is 64.4 Å². The van der Waals surface area contributed by atoms with Crippen LogP contribution in [0.25, 0.3) is 16.9 Å². The zero-order valence-electron chi connectivity index (χ0n) is 22.1. The molecule has 2 aromatic carbocycles. The molecule has 40 heavy (non-hydrogen) atoms. The van der Waals surface area contributed by atoms with Gasteiger partial charge in [0.05, 0.1) is 11.6 Å². The lowest BCUT2D eigenvalue weighted by Gasteiger charge is -2.50. The molecule has 4 atom stereocenters. The normalized spacial score (nSPS) is 25.7. The zero-order chi connectivity index (χ0) is 28.5. The number of hydrogen-bond acceptors (Lipinski definition) is 9. The fourth-order valence-electron chi connectivity index (χ4n) is 6.45. The Hall–Kier alpha value is -4.15. The van der Waals surface area contributed by atoms with Crippen LogP contribution in [0.1, 0.15) is 25.0 Å². The highest BCUT2D eigenvalue weighted by atomic mass is 16.3. The third-order valence-corrected chi connectivity index (χ3v) is 8.30. The molecule has 0 unspecified atom stereocenters. The minimum absolute atomic E-state index is 0. The van der Waals surface area contributed by atoms with Gasteiger partial charge in [-0.2, -0.15) is 0 Å². The highest BCUT2D eigenvalue weighted by Gasteiger charge is 2.64. The lowest BCUT2D eigenvalue weighted by atomic mass is 9.57. The summed E-state index contributed by atoms with van der Waals surface area (Å²) in [4.78, 5) is 42.7. The first-order valence-electron chi connectivity index (χ1n) is 12.6. The molecular formula is C30H35N3O7. The number of aliphatic hydroxyl groups excluding tert-OH is 2. The molecule has 0 radical (unpaired) electrons. The van der Waals surface area contributed by atoms with E-state index in [1.165, 1.54) is 11.0 Å². The number of carbonyl (C=O) groups is 3. The summed E-state index contributed by atoms with van der Waals surface area (Å²) >= 11 is 0. The maximum atomic E-state index is 13.9. The van der Waals surface area contributed by atoms with Gasteiger partial charge in [0.1, 0.15) is 22.8 Å². The molecule has 0 bridgehead atoms. The number of likely N-dealkylation sites (N-methyl/N-ethyl adjacent to an activating group) is 1. The van der Waals surface area contributed by atoms with E-state index in [-0.39, 0.29) is 37.2 Å². The second-order valence-electron chi connectivity index (χ2n) is 10.9. The van der Waals surface area contributed by atoms with Crippen molar-refractivity contribution in [3.8, 4) is 16.9 Å². The molecular weight excluding hydrogens is 514 g/mol. The number of benzene rings is 2. The molecule has 3 aliphatic rings. The molecule has 0 heterocycles. The first kappa shape index (κ1) is 28.8. The summed E-state index contributed by atoms with van der Waals surface area (Å²) in [6.45, 7) is 0. The van der Waals surface area contributed by atoms with Gasteiger partial charge in [-0.15, -0.1) is 0 Å². The summed E-state index contributed by atoms with van der Waals surface area (Å²) in [6.07, 6.45) is 0.272. The number of carbonyl (C=O) groups excluding carboxylic acids is 3. The minimum Gasteiger partial charge on any atom is -0.508 e. The molecule has 0 aromatic heterocycles. The molecule has 10 heteroatoms. The Labute approximate surface area is 232 Å². The number of primary amides is 1. The maximum Gasteiger partial charge on any atom is 0.255 e. The smallest absolute Gasteiger partial charge is 0.255 e. The standard InChI is InChI=1S/C29H31N3O7.CH4/c1-31(2)15-7-5-13(6-8-15)16-9-10-19(33)21-17(16)11-14-12-18-23(32(3)4)25(35)22(28(30)38)27(37)29(18,39)26(36)20(14)24(21)34;/h5-10,14,18,23,33-34,37,39H,11-12H2,1-4H3,(H2,30,38);1H4/t14-,18-,23-,29-;/m0./s1. The summed E-state index contributed by atoms with van der Waals surface area (Å²) in [5.74, 6) is -6.66. The summed E-state index contributed by atoms with van der Waals surface area (Å²) in [6, 6.07) is 9.81. The van der Waals surface area contributed by atoms with Crippen molar-refractivity contribution in [1.82, 2.24) is 4.90 Å². The van der Waals surface area contributed by atoms with Gasteiger partial charge in [0, 0.05) is 31.3 Å². The van der Waals surface area contributed by atoms with E-state index in [1.807, 2.05) is 43.3 Å². The summed E-state index contributed by atoms with van der Waals surface area (Å²) < 4.78 is 0. The fourth-order valence-corrected chi connectivity index (χ4v) is 6.45. The van der Waals surface area contributed by atoms with Crippen LogP contribution in [0.5, 0.6) is 5.75 Å². The number of anilines is 1. The summed E-state index contributed by atoms with van der Waals surface area (Å²) in [5, 5.41) is 44.8. The van der Waals surface area contributed by atoms with Crippen LogP contribution in [0, 0.1) is 11.8 Å². The Morgan fingerprint density at radius 1 is 1.00 bits per heavy atom. The number of aliphatic hydroxyl groups is 3. The van der Waals surface area contributed by atoms with E-state index < -0.39 is 58.0 Å². The number of nitrogens with zero attached hydrogens (tertiary/aromatic N) is 2. The number of Topliss-reactive ketones (excluding diaryl/α,β-unsaturated/α-hetero) is 2. The number of phenols is 1. The number of amides is 1.